The van der Waals surface area contributed by atoms with Crippen LogP contribution in [0.2, 0.25) is 5.02 Å². The van der Waals surface area contributed by atoms with E-state index in [4.69, 9.17) is 21.8 Å². The van der Waals surface area contributed by atoms with Gasteiger partial charge < -0.3 is 10.2 Å². The molecule has 0 saturated heterocycles. The van der Waals surface area contributed by atoms with E-state index in [-0.39, 0.29) is 0 Å². The maximum Gasteiger partial charge on any atom is 0.191 e. The van der Waals surface area contributed by atoms with Crippen molar-refractivity contribution in [3.63, 3.8) is 0 Å². The average molecular weight is 338 g/mol. The Bertz CT molecular complexity index is 1060. The number of aryl methyl sites for hydroxylation is 1. The lowest BCUT2D eigenvalue weighted by Gasteiger charge is -2.09. The predicted octanol–water partition coefficient (Wildman–Crippen LogP) is 3.89. The van der Waals surface area contributed by atoms with E-state index in [1.165, 1.54) is 6.20 Å². The predicted molar refractivity (Wildman–Crippen MR) is 92.4 cm³/mol. The largest absolute Gasteiger partial charge is 0.439 e. The van der Waals surface area contributed by atoms with Crippen LogP contribution in [0.5, 0.6) is 0 Å². The molecule has 0 atom stereocenters. The van der Waals surface area contributed by atoms with Crippen LogP contribution in [0.4, 0.5) is 5.82 Å². The van der Waals surface area contributed by atoms with Gasteiger partial charge in [-0.3, -0.25) is 4.98 Å². The molecular weight excluding hydrogens is 326 g/mol. The number of oxazole rings is 1. The van der Waals surface area contributed by atoms with Crippen molar-refractivity contribution in [3.05, 3.63) is 53.8 Å². The van der Waals surface area contributed by atoms with Crippen LogP contribution in [-0.4, -0.2) is 19.9 Å². The molecule has 4 aromatic rings. The number of hydrogen-bond donors (Lipinski definition) is 1. The number of aromatic nitrogens is 4. The van der Waals surface area contributed by atoms with Gasteiger partial charge in [-0.25, -0.2) is 15.0 Å². The summed E-state index contributed by atoms with van der Waals surface area (Å²) in [5, 5.41) is 1.46. The number of rotatable bonds is 2. The van der Waals surface area contributed by atoms with Crippen LogP contribution in [-0.2, 0) is 0 Å². The van der Waals surface area contributed by atoms with Crippen LogP contribution in [0.25, 0.3) is 33.6 Å². The standard InChI is InChI=1S/C17H12ClN5O/c1-9-21-7-13(24-9)17-16(22-8-14(19)23-17)11-5-10-3-2-4-20-15(10)12(18)6-11/h2-8H,1H3,(H2,19,23). The summed E-state index contributed by atoms with van der Waals surface area (Å²) in [7, 11) is 0. The molecule has 6 nitrogen and oxygen atoms in total. The molecule has 0 aliphatic carbocycles. The molecule has 0 saturated carbocycles. The molecule has 0 fully saturated rings. The second-order valence-corrected chi connectivity index (χ2v) is 5.68. The maximum atomic E-state index is 6.37. The summed E-state index contributed by atoms with van der Waals surface area (Å²) in [6.45, 7) is 1.77. The first-order valence-corrected chi connectivity index (χ1v) is 7.59. The second-order valence-electron chi connectivity index (χ2n) is 5.27. The molecule has 0 bridgehead atoms. The molecule has 0 aliphatic rings. The average Bonchev–Trinajstić information content (AvgIpc) is 3.01. The minimum atomic E-state index is 0.302. The van der Waals surface area contributed by atoms with Gasteiger partial charge in [0, 0.05) is 24.1 Å². The van der Waals surface area contributed by atoms with Crippen molar-refractivity contribution in [1.29, 1.82) is 0 Å². The Balaban J connectivity index is 1.97. The van der Waals surface area contributed by atoms with E-state index >= 15 is 0 Å². The lowest BCUT2D eigenvalue weighted by atomic mass is 10.1. The Labute approximate surface area is 142 Å². The highest BCUT2D eigenvalue weighted by molar-refractivity contribution is 6.35. The number of pyridine rings is 1. The summed E-state index contributed by atoms with van der Waals surface area (Å²) in [5.41, 5.74) is 8.48. The smallest absolute Gasteiger partial charge is 0.191 e. The molecule has 0 radical (unpaired) electrons. The Morgan fingerprint density at radius 3 is 2.75 bits per heavy atom. The van der Waals surface area contributed by atoms with E-state index < -0.39 is 0 Å². The first-order chi connectivity index (χ1) is 11.6. The molecule has 0 aliphatic heterocycles. The highest BCUT2D eigenvalue weighted by Gasteiger charge is 2.16. The molecule has 0 spiro atoms. The van der Waals surface area contributed by atoms with Crippen molar-refractivity contribution in [2.75, 3.05) is 5.73 Å². The summed E-state index contributed by atoms with van der Waals surface area (Å²) in [6, 6.07) is 7.57. The van der Waals surface area contributed by atoms with Gasteiger partial charge in [0.1, 0.15) is 17.2 Å². The van der Waals surface area contributed by atoms with E-state index in [1.807, 2.05) is 24.3 Å². The fourth-order valence-corrected chi connectivity index (χ4v) is 2.82. The molecule has 7 heteroatoms. The lowest BCUT2D eigenvalue weighted by molar-refractivity contribution is 0.532. The third-order valence-electron chi connectivity index (χ3n) is 3.58. The van der Waals surface area contributed by atoms with Gasteiger partial charge in [0.2, 0.25) is 0 Å². The van der Waals surface area contributed by atoms with E-state index in [0.717, 1.165) is 16.5 Å². The van der Waals surface area contributed by atoms with Crippen molar-refractivity contribution >= 4 is 28.3 Å². The van der Waals surface area contributed by atoms with Crippen molar-refractivity contribution in [2.24, 2.45) is 0 Å². The van der Waals surface area contributed by atoms with Gasteiger partial charge in [0.15, 0.2) is 11.7 Å². The van der Waals surface area contributed by atoms with Gasteiger partial charge in [-0.15, -0.1) is 0 Å². The van der Waals surface area contributed by atoms with Crippen LogP contribution in [0, 0.1) is 6.92 Å². The summed E-state index contributed by atoms with van der Waals surface area (Å²) in [4.78, 5) is 17.2. The van der Waals surface area contributed by atoms with Crippen LogP contribution in [0.1, 0.15) is 5.89 Å². The van der Waals surface area contributed by atoms with Crippen LogP contribution >= 0.6 is 11.6 Å². The van der Waals surface area contributed by atoms with Crippen LogP contribution < -0.4 is 5.73 Å². The number of nitrogens with zero attached hydrogens (tertiary/aromatic N) is 4. The van der Waals surface area contributed by atoms with Gasteiger partial charge in [-0.05, 0) is 18.2 Å². The van der Waals surface area contributed by atoms with E-state index in [0.29, 0.717) is 33.9 Å². The number of nitrogen functional groups attached to an aromatic ring is 1. The number of fused-ring (bicyclic) bond motifs is 1. The van der Waals surface area contributed by atoms with Crippen LogP contribution in [0.3, 0.4) is 0 Å². The van der Waals surface area contributed by atoms with E-state index in [2.05, 4.69) is 19.9 Å². The van der Waals surface area contributed by atoms with E-state index in [1.54, 1.807) is 19.3 Å². The zero-order valence-electron chi connectivity index (χ0n) is 12.7. The second kappa shape index (κ2) is 5.58. The topological polar surface area (TPSA) is 90.7 Å². The summed E-state index contributed by atoms with van der Waals surface area (Å²) in [6.07, 6.45) is 4.82. The lowest BCUT2D eigenvalue weighted by Crippen LogP contribution is -1.98. The maximum absolute atomic E-state index is 6.37. The number of halogens is 1. The Morgan fingerprint density at radius 1 is 1.08 bits per heavy atom. The van der Waals surface area contributed by atoms with Crippen LogP contribution in [0.15, 0.2) is 47.3 Å². The molecule has 2 N–H and O–H groups in total. The number of benzene rings is 1. The summed E-state index contributed by atoms with van der Waals surface area (Å²) < 4.78 is 5.59. The molecule has 24 heavy (non-hydrogen) atoms. The first kappa shape index (κ1) is 14.6. The van der Waals surface area contributed by atoms with Gasteiger partial charge in [0.25, 0.3) is 0 Å². The van der Waals surface area contributed by atoms with Crippen molar-refractivity contribution in [1.82, 2.24) is 19.9 Å². The summed E-state index contributed by atoms with van der Waals surface area (Å²) >= 11 is 6.37. The molecule has 4 rings (SSSR count). The zero-order valence-corrected chi connectivity index (χ0v) is 13.4. The summed E-state index contributed by atoms with van der Waals surface area (Å²) in [5.74, 6) is 1.35. The first-order valence-electron chi connectivity index (χ1n) is 7.22. The fourth-order valence-electron chi connectivity index (χ4n) is 2.54. The SMILES string of the molecule is Cc1ncc(-c2nc(N)cnc2-c2cc(Cl)c3ncccc3c2)o1. The highest BCUT2D eigenvalue weighted by Crippen LogP contribution is 2.34. The fraction of sp³-hybridized carbons (Fsp3) is 0.0588. The molecular formula is C17H12ClN5O. The van der Waals surface area contributed by atoms with E-state index in [9.17, 15) is 0 Å². The Morgan fingerprint density at radius 2 is 1.96 bits per heavy atom. The van der Waals surface area contributed by atoms with Gasteiger partial charge in [-0.1, -0.05) is 17.7 Å². The molecule has 118 valence electrons. The van der Waals surface area contributed by atoms with Crippen molar-refractivity contribution in [3.8, 4) is 22.7 Å². The third kappa shape index (κ3) is 2.47. The third-order valence-corrected chi connectivity index (χ3v) is 3.87. The highest BCUT2D eigenvalue weighted by atomic mass is 35.5. The number of hydrogen-bond acceptors (Lipinski definition) is 6. The normalized spacial score (nSPS) is 11.1. The van der Waals surface area contributed by atoms with Crippen molar-refractivity contribution < 1.29 is 4.42 Å². The Kier molecular flexibility index (Phi) is 3.39. The Hall–Kier alpha value is -2.99. The zero-order chi connectivity index (χ0) is 16.7. The van der Waals surface area contributed by atoms with Gasteiger partial charge in [0.05, 0.1) is 22.9 Å². The molecule has 3 heterocycles. The number of nitrogens with two attached hydrogens (primary N) is 1. The monoisotopic (exact) mass is 337 g/mol. The quantitative estimate of drug-likeness (QED) is 0.596. The number of anilines is 1. The minimum absolute atomic E-state index is 0.302. The van der Waals surface area contributed by atoms with Crippen molar-refractivity contribution in [2.45, 2.75) is 6.92 Å². The molecule has 3 aromatic heterocycles. The molecule has 0 unspecified atom stereocenters. The van der Waals surface area contributed by atoms with Gasteiger partial charge in [-0.2, -0.15) is 0 Å². The molecule has 0 amide bonds. The van der Waals surface area contributed by atoms with Gasteiger partial charge >= 0.3 is 0 Å². The minimum Gasteiger partial charge on any atom is -0.439 e. The molecule has 1 aromatic carbocycles.